The third-order valence-corrected chi connectivity index (χ3v) is 5.24. The van der Waals surface area contributed by atoms with Gasteiger partial charge in [0, 0.05) is 16.6 Å². The van der Waals surface area contributed by atoms with Crippen molar-refractivity contribution in [1.29, 1.82) is 0 Å². The Labute approximate surface area is 164 Å². The van der Waals surface area contributed by atoms with Gasteiger partial charge in [-0.2, -0.15) is 0 Å². The topological polar surface area (TPSA) is 81.2 Å². The lowest BCUT2D eigenvalue weighted by atomic mass is 10.2. The number of hydrogen-bond donors (Lipinski definition) is 2. The fourth-order valence-corrected chi connectivity index (χ4v) is 3.68. The molecule has 0 bridgehead atoms. The molecular weight excluding hydrogens is 393 g/mol. The van der Waals surface area contributed by atoms with Gasteiger partial charge in [-0.3, -0.25) is 4.79 Å². The summed E-state index contributed by atoms with van der Waals surface area (Å²) >= 11 is 13.5. The maximum absolute atomic E-state index is 12.7. The molecule has 1 aromatic heterocycles. The molecule has 0 saturated heterocycles. The minimum absolute atomic E-state index is 0.265. The normalized spacial score (nSPS) is 10.7. The highest BCUT2D eigenvalue weighted by Crippen LogP contribution is 2.32. The molecule has 0 fully saturated rings. The number of thioether (sulfide) groups is 1. The number of nitrogen functional groups attached to an aromatic ring is 1. The number of hydrogen-bond acceptors (Lipinski definition) is 5. The molecule has 0 aliphatic heterocycles. The Balaban J connectivity index is 1.77. The third kappa shape index (κ3) is 4.33. The molecule has 3 rings (SSSR count). The van der Waals surface area contributed by atoms with Gasteiger partial charge in [0.15, 0.2) is 0 Å². The van der Waals surface area contributed by atoms with Crippen molar-refractivity contribution in [2.45, 2.75) is 17.6 Å². The summed E-state index contributed by atoms with van der Waals surface area (Å²) in [5.74, 6) is 1.06. The van der Waals surface area contributed by atoms with Crippen molar-refractivity contribution < 1.29 is 9.32 Å². The van der Waals surface area contributed by atoms with Crippen LogP contribution < -0.4 is 11.1 Å². The number of aromatic nitrogens is 1. The zero-order valence-electron chi connectivity index (χ0n) is 13.8. The second kappa shape index (κ2) is 8.03. The van der Waals surface area contributed by atoms with E-state index in [0.717, 1.165) is 16.3 Å². The van der Waals surface area contributed by atoms with Crippen LogP contribution in [0.15, 0.2) is 51.9 Å². The number of nitrogens with zero attached hydrogens (tertiary/aromatic N) is 1. The van der Waals surface area contributed by atoms with Crippen LogP contribution in [0.4, 0.5) is 11.4 Å². The van der Waals surface area contributed by atoms with Gasteiger partial charge in [0.2, 0.25) is 0 Å². The van der Waals surface area contributed by atoms with Crippen molar-refractivity contribution in [3.63, 3.8) is 0 Å². The molecule has 2 aromatic carbocycles. The maximum Gasteiger partial charge on any atom is 0.256 e. The standard InChI is InChI=1S/C18H15Cl2N3O2S/c1-10-6-12(25-23-10)9-26-16-5-3-2-4-13(16)18(24)22-11-7-14(19)17(21)15(20)8-11/h2-8H,9,21H2,1H3,(H,22,24). The van der Waals surface area contributed by atoms with E-state index in [1.807, 2.05) is 25.1 Å². The molecular formula is C18H15Cl2N3O2S. The number of amides is 1. The van der Waals surface area contributed by atoms with Crippen LogP contribution in [0.1, 0.15) is 21.8 Å². The van der Waals surface area contributed by atoms with E-state index in [2.05, 4.69) is 10.5 Å². The molecule has 3 N–H and O–H groups in total. The number of carbonyl (C=O) groups excluding carboxylic acids is 1. The number of carbonyl (C=O) groups is 1. The highest BCUT2D eigenvalue weighted by Gasteiger charge is 2.14. The van der Waals surface area contributed by atoms with Crippen LogP contribution in [-0.4, -0.2) is 11.1 Å². The summed E-state index contributed by atoms with van der Waals surface area (Å²) in [6, 6.07) is 12.3. The van der Waals surface area contributed by atoms with Crippen molar-refractivity contribution in [2.75, 3.05) is 11.1 Å². The molecule has 26 heavy (non-hydrogen) atoms. The molecule has 134 valence electrons. The molecule has 0 radical (unpaired) electrons. The summed E-state index contributed by atoms with van der Waals surface area (Å²) in [6.45, 7) is 1.86. The van der Waals surface area contributed by atoms with Gasteiger partial charge in [0.05, 0.1) is 32.7 Å². The monoisotopic (exact) mass is 407 g/mol. The van der Waals surface area contributed by atoms with E-state index in [1.165, 1.54) is 11.8 Å². The average molecular weight is 408 g/mol. The minimum Gasteiger partial charge on any atom is -0.396 e. The number of aryl methyl sites for hydroxylation is 1. The smallest absolute Gasteiger partial charge is 0.256 e. The number of nitrogens with one attached hydrogen (secondary N) is 1. The lowest BCUT2D eigenvalue weighted by Gasteiger charge is -2.11. The van der Waals surface area contributed by atoms with E-state index in [1.54, 1.807) is 24.3 Å². The highest BCUT2D eigenvalue weighted by molar-refractivity contribution is 7.98. The average Bonchev–Trinajstić information content (AvgIpc) is 3.03. The Bertz CT molecular complexity index is 936. The van der Waals surface area contributed by atoms with Crippen LogP contribution in [0, 0.1) is 6.92 Å². The molecule has 0 unspecified atom stereocenters. The highest BCUT2D eigenvalue weighted by atomic mass is 35.5. The zero-order chi connectivity index (χ0) is 18.7. The predicted molar refractivity (Wildman–Crippen MR) is 106 cm³/mol. The van der Waals surface area contributed by atoms with Crippen LogP contribution in [-0.2, 0) is 5.75 Å². The SMILES string of the molecule is Cc1cc(CSc2ccccc2C(=O)Nc2cc(Cl)c(N)c(Cl)c2)on1. The Kier molecular flexibility index (Phi) is 5.76. The van der Waals surface area contributed by atoms with Crippen LogP contribution in [0.25, 0.3) is 0 Å². The molecule has 0 aliphatic carbocycles. The molecule has 0 spiro atoms. The van der Waals surface area contributed by atoms with E-state index in [0.29, 0.717) is 17.0 Å². The number of benzene rings is 2. The number of nitrogens with two attached hydrogens (primary N) is 1. The van der Waals surface area contributed by atoms with Crippen LogP contribution in [0.5, 0.6) is 0 Å². The van der Waals surface area contributed by atoms with Crippen molar-refractivity contribution in [2.24, 2.45) is 0 Å². The second-order valence-electron chi connectivity index (χ2n) is 5.53. The summed E-state index contributed by atoms with van der Waals surface area (Å²) in [5.41, 5.74) is 7.84. The summed E-state index contributed by atoms with van der Waals surface area (Å²) in [6.07, 6.45) is 0. The maximum atomic E-state index is 12.7. The molecule has 1 amide bonds. The van der Waals surface area contributed by atoms with E-state index in [9.17, 15) is 4.79 Å². The summed E-state index contributed by atoms with van der Waals surface area (Å²) < 4.78 is 5.21. The van der Waals surface area contributed by atoms with Crippen molar-refractivity contribution in [3.8, 4) is 0 Å². The number of rotatable bonds is 5. The Morgan fingerprint density at radius 1 is 1.23 bits per heavy atom. The van der Waals surface area contributed by atoms with E-state index in [4.69, 9.17) is 33.5 Å². The van der Waals surface area contributed by atoms with Crippen molar-refractivity contribution in [1.82, 2.24) is 5.16 Å². The van der Waals surface area contributed by atoms with Gasteiger partial charge in [-0.25, -0.2) is 0 Å². The first-order valence-corrected chi connectivity index (χ1v) is 9.38. The van der Waals surface area contributed by atoms with Crippen LogP contribution in [0.2, 0.25) is 10.0 Å². The van der Waals surface area contributed by atoms with Gasteiger partial charge >= 0.3 is 0 Å². The molecule has 0 atom stereocenters. The van der Waals surface area contributed by atoms with Crippen LogP contribution in [0.3, 0.4) is 0 Å². The lowest BCUT2D eigenvalue weighted by molar-refractivity contribution is 0.102. The summed E-state index contributed by atoms with van der Waals surface area (Å²) in [4.78, 5) is 13.5. The molecule has 0 saturated carbocycles. The van der Waals surface area contributed by atoms with Gasteiger partial charge in [-0.15, -0.1) is 11.8 Å². The predicted octanol–water partition coefficient (Wildman–Crippen LogP) is 5.42. The minimum atomic E-state index is -0.265. The van der Waals surface area contributed by atoms with Crippen molar-refractivity contribution >= 4 is 52.2 Å². The van der Waals surface area contributed by atoms with Gasteiger partial charge in [-0.05, 0) is 31.2 Å². The van der Waals surface area contributed by atoms with Crippen molar-refractivity contribution in [3.05, 3.63) is 69.5 Å². The Morgan fingerprint density at radius 2 is 1.92 bits per heavy atom. The Morgan fingerprint density at radius 3 is 2.58 bits per heavy atom. The first kappa shape index (κ1) is 18.6. The van der Waals surface area contributed by atoms with E-state index < -0.39 is 0 Å². The number of halogens is 2. The molecule has 5 nitrogen and oxygen atoms in total. The largest absolute Gasteiger partial charge is 0.396 e. The number of anilines is 2. The fraction of sp³-hybridized carbons (Fsp3) is 0.111. The van der Waals surface area contributed by atoms with E-state index in [-0.39, 0.29) is 21.6 Å². The third-order valence-electron chi connectivity index (χ3n) is 3.52. The summed E-state index contributed by atoms with van der Waals surface area (Å²) in [7, 11) is 0. The first-order valence-electron chi connectivity index (χ1n) is 7.64. The van der Waals surface area contributed by atoms with Gasteiger partial charge in [0.1, 0.15) is 5.76 Å². The molecule has 1 heterocycles. The quantitative estimate of drug-likeness (QED) is 0.435. The molecule has 8 heteroatoms. The van der Waals surface area contributed by atoms with Crippen LogP contribution >= 0.6 is 35.0 Å². The molecule has 0 aliphatic rings. The first-order chi connectivity index (χ1) is 12.4. The Hall–Kier alpha value is -2.15. The van der Waals surface area contributed by atoms with E-state index >= 15 is 0 Å². The lowest BCUT2D eigenvalue weighted by Crippen LogP contribution is -2.13. The molecule has 3 aromatic rings. The van der Waals surface area contributed by atoms with Gasteiger partial charge in [-0.1, -0.05) is 40.5 Å². The second-order valence-corrected chi connectivity index (χ2v) is 7.36. The fourth-order valence-electron chi connectivity index (χ4n) is 2.27. The van der Waals surface area contributed by atoms with Gasteiger partial charge < -0.3 is 15.6 Å². The van der Waals surface area contributed by atoms with Gasteiger partial charge in [0.25, 0.3) is 5.91 Å². The summed E-state index contributed by atoms with van der Waals surface area (Å²) in [5, 5.41) is 7.24. The zero-order valence-corrected chi connectivity index (χ0v) is 16.1.